The lowest BCUT2D eigenvalue weighted by Gasteiger charge is -2.08. The Hall–Kier alpha value is -0.890. The Morgan fingerprint density at radius 2 is 1.58 bits per heavy atom. The van der Waals surface area contributed by atoms with Crippen LogP contribution in [-0.4, -0.2) is 6.54 Å². The number of hydrogen-bond acceptors (Lipinski definition) is 1. The van der Waals surface area contributed by atoms with E-state index in [1.54, 1.807) is 6.07 Å². The standard InChI is InChI=1S/C15H14Cl3N/c16-12-8-13(17)10-14(9-12)19-7-3-5-11-4-1-2-6-15(11)18/h1-2,4,6,8-10,19H,3,5,7H2. The van der Waals surface area contributed by atoms with Crippen molar-refractivity contribution in [2.75, 3.05) is 11.9 Å². The van der Waals surface area contributed by atoms with Crippen molar-refractivity contribution in [1.82, 2.24) is 0 Å². The molecule has 0 heterocycles. The smallest absolute Gasteiger partial charge is 0.0441 e. The predicted molar refractivity (Wildman–Crippen MR) is 84.7 cm³/mol. The molecule has 0 saturated carbocycles. The molecule has 2 aromatic carbocycles. The molecule has 0 atom stereocenters. The molecule has 2 rings (SSSR count). The molecule has 4 heteroatoms. The lowest BCUT2D eigenvalue weighted by atomic mass is 10.1. The van der Waals surface area contributed by atoms with E-state index in [1.165, 1.54) is 5.56 Å². The van der Waals surface area contributed by atoms with Gasteiger partial charge >= 0.3 is 0 Å². The summed E-state index contributed by atoms with van der Waals surface area (Å²) in [7, 11) is 0. The first-order chi connectivity index (χ1) is 9.15. The van der Waals surface area contributed by atoms with E-state index in [2.05, 4.69) is 11.4 Å². The summed E-state index contributed by atoms with van der Waals surface area (Å²) in [4.78, 5) is 0. The number of hydrogen-bond donors (Lipinski definition) is 1. The lowest BCUT2D eigenvalue weighted by molar-refractivity contribution is 0.863. The summed E-state index contributed by atoms with van der Waals surface area (Å²) in [6.07, 6.45) is 1.94. The highest BCUT2D eigenvalue weighted by Crippen LogP contribution is 2.22. The Kier molecular flexibility index (Phi) is 5.38. The summed E-state index contributed by atoms with van der Waals surface area (Å²) < 4.78 is 0. The van der Waals surface area contributed by atoms with E-state index in [-0.39, 0.29) is 0 Å². The third-order valence-electron chi connectivity index (χ3n) is 2.77. The first kappa shape index (κ1) is 14.5. The van der Waals surface area contributed by atoms with Crippen molar-refractivity contribution >= 4 is 40.5 Å². The number of benzene rings is 2. The van der Waals surface area contributed by atoms with E-state index in [0.29, 0.717) is 10.0 Å². The van der Waals surface area contributed by atoms with Gasteiger partial charge in [0.25, 0.3) is 0 Å². The summed E-state index contributed by atoms with van der Waals surface area (Å²) in [6.45, 7) is 0.849. The Balaban J connectivity index is 1.82. The van der Waals surface area contributed by atoms with E-state index >= 15 is 0 Å². The molecule has 0 aromatic heterocycles. The fourth-order valence-electron chi connectivity index (χ4n) is 1.87. The van der Waals surface area contributed by atoms with Crippen molar-refractivity contribution in [1.29, 1.82) is 0 Å². The normalized spacial score (nSPS) is 10.5. The van der Waals surface area contributed by atoms with Crippen LogP contribution in [0.25, 0.3) is 0 Å². The van der Waals surface area contributed by atoms with Crippen LogP contribution in [0.15, 0.2) is 42.5 Å². The molecule has 0 radical (unpaired) electrons. The average molecular weight is 315 g/mol. The van der Waals surface area contributed by atoms with Crippen molar-refractivity contribution in [3.05, 3.63) is 63.1 Å². The average Bonchev–Trinajstić information content (AvgIpc) is 2.35. The van der Waals surface area contributed by atoms with Crippen LogP contribution in [0.4, 0.5) is 5.69 Å². The minimum Gasteiger partial charge on any atom is -0.385 e. The molecule has 19 heavy (non-hydrogen) atoms. The maximum absolute atomic E-state index is 6.11. The van der Waals surface area contributed by atoms with E-state index in [1.807, 2.05) is 30.3 Å². The molecule has 0 saturated heterocycles. The van der Waals surface area contributed by atoms with Crippen molar-refractivity contribution in [2.45, 2.75) is 12.8 Å². The first-order valence-electron chi connectivity index (χ1n) is 6.08. The minimum atomic E-state index is 0.640. The molecule has 100 valence electrons. The van der Waals surface area contributed by atoms with Gasteiger partial charge in [0.05, 0.1) is 0 Å². The van der Waals surface area contributed by atoms with Crippen LogP contribution in [0.3, 0.4) is 0 Å². The summed E-state index contributed by atoms with van der Waals surface area (Å²) >= 11 is 18.0. The van der Waals surface area contributed by atoms with Crippen LogP contribution < -0.4 is 5.32 Å². The van der Waals surface area contributed by atoms with Crippen LogP contribution in [-0.2, 0) is 6.42 Å². The third kappa shape index (κ3) is 4.61. The molecule has 1 N–H and O–H groups in total. The second kappa shape index (κ2) is 7.04. The lowest BCUT2D eigenvalue weighted by Crippen LogP contribution is -2.03. The van der Waals surface area contributed by atoms with Gasteiger partial charge in [-0.25, -0.2) is 0 Å². The second-order valence-corrected chi connectivity index (χ2v) is 5.56. The maximum Gasteiger partial charge on any atom is 0.0441 e. The highest BCUT2D eigenvalue weighted by Gasteiger charge is 2.00. The van der Waals surface area contributed by atoms with E-state index in [4.69, 9.17) is 34.8 Å². The summed E-state index contributed by atoms with van der Waals surface area (Å²) in [6, 6.07) is 13.4. The maximum atomic E-state index is 6.11. The number of rotatable bonds is 5. The Bertz CT molecular complexity index is 535. The number of aryl methyl sites for hydroxylation is 1. The molecule has 0 amide bonds. The molecule has 0 unspecified atom stereocenters. The van der Waals surface area contributed by atoms with Gasteiger partial charge in [-0.15, -0.1) is 0 Å². The first-order valence-corrected chi connectivity index (χ1v) is 7.22. The quantitative estimate of drug-likeness (QED) is 0.699. The highest BCUT2D eigenvalue weighted by atomic mass is 35.5. The Labute approximate surface area is 128 Å². The van der Waals surface area contributed by atoms with Gasteiger partial charge < -0.3 is 5.32 Å². The van der Waals surface area contributed by atoms with Gasteiger partial charge in [-0.1, -0.05) is 53.0 Å². The van der Waals surface area contributed by atoms with Crippen molar-refractivity contribution in [3.63, 3.8) is 0 Å². The van der Waals surface area contributed by atoms with Gasteiger partial charge in [-0.3, -0.25) is 0 Å². The SMILES string of the molecule is Clc1cc(Cl)cc(NCCCc2ccccc2Cl)c1. The van der Waals surface area contributed by atoms with Gasteiger partial charge in [0, 0.05) is 27.3 Å². The van der Waals surface area contributed by atoms with E-state index in [0.717, 1.165) is 30.1 Å². The molecule has 1 nitrogen and oxygen atoms in total. The zero-order valence-electron chi connectivity index (χ0n) is 10.3. The summed E-state index contributed by atoms with van der Waals surface area (Å²) in [5, 5.41) is 5.41. The highest BCUT2D eigenvalue weighted by molar-refractivity contribution is 6.35. The molecule has 0 fully saturated rings. The fourth-order valence-corrected chi connectivity index (χ4v) is 2.62. The third-order valence-corrected chi connectivity index (χ3v) is 3.58. The minimum absolute atomic E-state index is 0.640. The Morgan fingerprint density at radius 3 is 2.26 bits per heavy atom. The van der Waals surface area contributed by atoms with Gasteiger partial charge in [-0.05, 0) is 42.7 Å². The monoisotopic (exact) mass is 313 g/mol. The molecule has 0 aliphatic carbocycles. The largest absolute Gasteiger partial charge is 0.385 e. The van der Waals surface area contributed by atoms with Crippen LogP contribution in [0, 0.1) is 0 Å². The second-order valence-electron chi connectivity index (χ2n) is 4.28. The van der Waals surface area contributed by atoms with Gasteiger partial charge in [-0.2, -0.15) is 0 Å². The van der Waals surface area contributed by atoms with Crippen molar-refractivity contribution in [3.8, 4) is 0 Å². The molecule has 0 spiro atoms. The van der Waals surface area contributed by atoms with Crippen molar-refractivity contribution in [2.24, 2.45) is 0 Å². The molecule has 0 aliphatic heterocycles. The van der Waals surface area contributed by atoms with Crippen LogP contribution in [0.1, 0.15) is 12.0 Å². The summed E-state index contributed by atoms with van der Waals surface area (Å²) in [5.74, 6) is 0. The predicted octanol–water partition coefficient (Wildman–Crippen LogP) is 5.69. The number of anilines is 1. The van der Waals surface area contributed by atoms with Crippen LogP contribution in [0.5, 0.6) is 0 Å². The molecular weight excluding hydrogens is 301 g/mol. The molecule has 2 aromatic rings. The summed E-state index contributed by atoms with van der Waals surface area (Å²) in [5.41, 5.74) is 2.12. The van der Waals surface area contributed by atoms with Crippen LogP contribution >= 0.6 is 34.8 Å². The molecular formula is C15H14Cl3N. The van der Waals surface area contributed by atoms with Gasteiger partial charge in [0.15, 0.2) is 0 Å². The topological polar surface area (TPSA) is 12.0 Å². The van der Waals surface area contributed by atoms with Crippen molar-refractivity contribution < 1.29 is 0 Å². The van der Waals surface area contributed by atoms with E-state index < -0.39 is 0 Å². The van der Waals surface area contributed by atoms with Gasteiger partial charge in [0.1, 0.15) is 0 Å². The fraction of sp³-hybridized carbons (Fsp3) is 0.200. The Morgan fingerprint density at radius 1 is 0.895 bits per heavy atom. The van der Waals surface area contributed by atoms with E-state index in [9.17, 15) is 0 Å². The number of nitrogens with one attached hydrogen (secondary N) is 1. The van der Waals surface area contributed by atoms with Gasteiger partial charge in [0.2, 0.25) is 0 Å². The molecule has 0 bridgehead atoms. The van der Waals surface area contributed by atoms with Crippen LogP contribution in [0.2, 0.25) is 15.1 Å². The zero-order valence-corrected chi connectivity index (χ0v) is 12.6. The zero-order chi connectivity index (χ0) is 13.7. The molecule has 0 aliphatic rings. The number of halogens is 3.